The highest BCUT2D eigenvalue weighted by Gasteiger charge is 2.14. The number of thioether (sulfide) groups is 1. The standard InChI is InChI=1S/C26H28N2O5S/c1-18(34-17-16-33-22-14-12-21(31-2)13-15-22)25(29)27-20-10-8-19(9-11-20)26(30)28-23-6-4-5-7-24(23)32-3/h4-15,18H,16-17H2,1-3H3,(H,27,29)(H,28,30). The molecule has 3 aromatic rings. The monoisotopic (exact) mass is 480 g/mol. The van der Waals surface area contributed by atoms with Crippen LogP contribution in [0.4, 0.5) is 11.4 Å². The van der Waals surface area contributed by atoms with Crippen LogP contribution in [0.5, 0.6) is 17.2 Å². The number of methoxy groups -OCH3 is 2. The van der Waals surface area contributed by atoms with Gasteiger partial charge in [0.15, 0.2) is 0 Å². The average Bonchev–Trinajstić information content (AvgIpc) is 2.87. The van der Waals surface area contributed by atoms with E-state index in [1.165, 1.54) is 11.8 Å². The zero-order valence-electron chi connectivity index (χ0n) is 19.4. The summed E-state index contributed by atoms with van der Waals surface area (Å²) in [5, 5.41) is 5.45. The maximum absolute atomic E-state index is 12.5. The molecule has 0 spiro atoms. The summed E-state index contributed by atoms with van der Waals surface area (Å²) in [5.74, 6) is 2.41. The Morgan fingerprint density at radius 1 is 0.853 bits per heavy atom. The maximum atomic E-state index is 12.5. The minimum atomic E-state index is -0.261. The number of hydrogen-bond donors (Lipinski definition) is 2. The van der Waals surface area contributed by atoms with Gasteiger partial charge in [0.05, 0.1) is 31.8 Å². The van der Waals surface area contributed by atoms with Gasteiger partial charge < -0.3 is 24.8 Å². The summed E-state index contributed by atoms with van der Waals surface area (Å²) in [6.07, 6.45) is 0. The van der Waals surface area contributed by atoms with E-state index in [0.717, 1.165) is 11.5 Å². The van der Waals surface area contributed by atoms with Crippen molar-refractivity contribution >= 4 is 35.0 Å². The van der Waals surface area contributed by atoms with Gasteiger partial charge in [-0.15, -0.1) is 11.8 Å². The molecule has 2 N–H and O–H groups in total. The van der Waals surface area contributed by atoms with Crippen molar-refractivity contribution in [3.05, 3.63) is 78.4 Å². The first kappa shape index (κ1) is 25.0. The zero-order chi connectivity index (χ0) is 24.3. The molecule has 2 amide bonds. The number of amides is 2. The van der Waals surface area contributed by atoms with Gasteiger partial charge in [-0.05, 0) is 67.6 Å². The SMILES string of the molecule is COc1ccc(OCCSC(C)C(=O)Nc2ccc(C(=O)Nc3ccccc3OC)cc2)cc1. The summed E-state index contributed by atoms with van der Waals surface area (Å²) >= 11 is 1.51. The maximum Gasteiger partial charge on any atom is 0.255 e. The van der Waals surface area contributed by atoms with Gasteiger partial charge in [-0.2, -0.15) is 0 Å². The molecular formula is C26H28N2O5S. The van der Waals surface area contributed by atoms with E-state index >= 15 is 0 Å². The van der Waals surface area contributed by atoms with Gasteiger partial charge in [0, 0.05) is 17.0 Å². The second kappa shape index (κ2) is 12.6. The Bertz CT molecular complexity index is 1090. The normalized spacial score (nSPS) is 11.3. The number of carbonyl (C=O) groups excluding carboxylic acids is 2. The molecule has 8 heteroatoms. The van der Waals surface area contributed by atoms with Crippen LogP contribution in [0.2, 0.25) is 0 Å². The van der Waals surface area contributed by atoms with Gasteiger partial charge in [0.25, 0.3) is 5.91 Å². The smallest absolute Gasteiger partial charge is 0.255 e. The fourth-order valence-electron chi connectivity index (χ4n) is 3.02. The van der Waals surface area contributed by atoms with Crippen molar-refractivity contribution in [3.63, 3.8) is 0 Å². The van der Waals surface area contributed by atoms with Crippen LogP contribution in [0.1, 0.15) is 17.3 Å². The van der Waals surface area contributed by atoms with Gasteiger partial charge in [-0.25, -0.2) is 0 Å². The third-order valence-electron chi connectivity index (χ3n) is 4.92. The minimum Gasteiger partial charge on any atom is -0.497 e. The molecule has 0 saturated carbocycles. The van der Waals surface area contributed by atoms with Crippen LogP contribution in [-0.2, 0) is 4.79 Å². The zero-order valence-corrected chi connectivity index (χ0v) is 20.2. The van der Waals surface area contributed by atoms with E-state index in [9.17, 15) is 9.59 Å². The largest absolute Gasteiger partial charge is 0.497 e. The van der Waals surface area contributed by atoms with Crippen LogP contribution in [0.15, 0.2) is 72.8 Å². The van der Waals surface area contributed by atoms with Crippen LogP contribution in [0.25, 0.3) is 0 Å². The molecule has 3 rings (SSSR count). The minimum absolute atomic E-state index is 0.110. The van der Waals surface area contributed by atoms with Crippen LogP contribution in [0.3, 0.4) is 0 Å². The highest BCUT2D eigenvalue weighted by molar-refractivity contribution is 8.00. The van der Waals surface area contributed by atoms with Crippen LogP contribution >= 0.6 is 11.8 Å². The molecule has 0 heterocycles. The van der Waals surface area contributed by atoms with Gasteiger partial charge in [-0.3, -0.25) is 9.59 Å². The molecule has 34 heavy (non-hydrogen) atoms. The van der Waals surface area contributed by atoms with Crippen molar-refractivity contribution in [3.8, 4) is 17.2 Å². The van der Waals surface area contributed by atoms with Gasteiger partial charge in [0.1, 0.15) is 17.2 Å². The number of hydrogen-bond acceptors (Lipinski definition) is 6. The van der Waals surface area contributed by atoms with Crippen molar-refractivity contribution in [2.45, 2.75) is 12.2 Å². The Balaban J connectivity index is 1.43. The topological polar surface area (TPSA) is 85.9 Å². The first-order valence-corrected chi connectivity index (χ1v) is 11.8. The number of anilines is 2. The van der Waals surface area contributed by atoms with Crippen molar-refractivity contribution in [1.82, 2.24) is 0 Å². The fourth-order valence-corrected chi connectivity index (χ4v) is 3.77. The Kier molecular flexibility index (Phi) is 9.22. The van der Waals surface area contributed by atoms with Crippen LogP contribution < -0.4 is 24.8 Å². The third-order valence-corrected chi connectivity index (χ3v) is 6.03. The van der Waals surface area contributed by atoms with E-state index in [1.807, 2.05) is 43.3 Å². The average molecular weight is 481 g/mol. The molecule has 0 fully saturated rings. The predicted octanol–water partition coefficient (Wildman–Crippen LogP) is 5.10. The molecule has 7 nitrogen and oxygen atoms in total. The van der Waals surface area contributed by atoms with E-state index in [-0.39, 0.29) is 17.1 Å². The van der Waals surface area contributed by atoms with E-state index in [0.29, 0.717) is 35.0 Å². The summed E-state index contributed by atoms with van der Waals surface area (Å²) in [6.45, 7) is 2.34. The number of benzene rings is 3. The summed E-state index contributed by atoms with van der Waals surface area (Å²) < 4.78 is 16.1. The predicted molar refractivity (Wildman–Crippen MR) is 136 cm³/mol. The first-order chi connectivity index (χ1) is 16.5. The van der Waals surface area contributed by atoms with E-state index in [1.54, 1.807) is 50.6 Å². The Morgan fingerprint density at radius 2 is 1.53 bits per heavy atom. The molecule has 0 aliphatic rings. The summed E-state index contributed by atoms with van der Waals surface area (Å²) in [4.78, 5) is 25.0. The number of para-hydroxylation sites is 2. The molecular weight excluding hydrogens is 452 g/mol. The number of rotatable bonds is 11. The van der Waals surface area contributed by atoms with Gasteiger partial charge in [0.2, 0.25) is 5.91 Å². The third kappa shape index (κ3) is 7.18. The molecule has 0 bridgehead atoms. The molecule has 178 valence electrons. The molecule has 0 aliphatic heterocycles. The Morgan fingerprint density at radius 3 is 2.21 bits per heavy atom. The van der Waals surface area contributed by atoms with Crippen molar-refractivity contribution in [2.75, 3.05) is 37.2 Å². The lowest BCUT2D eigenvalue weighted by atomic mass is 10.2. The van der Waals surface area contributed by atoms with Gasteiger partial charge in [-0.1, -0.05) is 12.1 Å². The van der Waals surface area contributed by atoms with E-state index < -0.39 is 0 Å². The number of ether oxygens (including phenoxy) is 3. The van der Waals surface area contributed by atoms with Crippen molar-refractivity contribution in [2.24, 2.45) is 0 Å². The highest BCUT2D eigenvalue weighted by Crippen LogP contribution is 2.24. The fraction of sp³-hybridized carbons (Fsp3) is 0.231. The first-order valence-electron chi connectivity index (χ1n) is 10.7. The molecule has 1 unspecified atom stereocenters. The lowest BCUT2D eigenvalue weighted by molar-refractivity contribution is -0.115. The quantitative estimate of drug-likeness (QED) is 0.372. The Hall–Kier alpha value is -3.65. The molecule has 0 aliphatic carbocycles. The summed E-state index contributed by atoms with van der Waals surface area (Å²) in [7, 11) is 3.17. The lowest BCUT2D eigenvalue weighted by Crippen LogP contribution is -2.23. The molecule has 0 radical (unpaired) electrons. The number of carbonyl (C=O) groups is 2. The Labute approximate surface area is 203 Å². The van der Waals surface area contributed by atoms with E-state index in [4.69, 9.17) is 14.2 Å². The van der Waals surface area contributed by atoms with Crippen molar-refractivity contribution < 1.29 is 23.8 Å². The van der Waals surface area contributed by atoms with Crippen LogP contribution in [-0.4, -0.2) is 43.6 Å². The van der Waals surface area contributed by atoms with Crippen LogP contribution in [0, 0.1) is 0 Å². The summed E-state index contributed by atoms with van der Waals surface area (Å²) in [6, 6.07) is 21.3. The van der Waals surface area contributed by atoms with E-state index in [2.05, 4.69) is 10.6 Å². The summed E-state index contributed by atoms with van der Waals surface area (Å²) in [5.41, 5.74) is 1.69. The second-order valence-corrected chi connectivity index (χ2v) is 8.71. The second-order valence-electron chi connectivity index (χ2n) is 7.26. The highest BCUT2D eigenvalue weighted by atomic mass is 32.2. The van der Waals surface area contributed by atoms with Gasteiger partial charge >= 0.3 is 0 Å². The van der Waals surface area contributed by atoms with Crippen molar-refractivity contribution in [1.29, 1.82) is 0 Å². The molecule has 1 atom stereocenters. The molecule has 0 aromatic heterocycles. The lowest BCUT2D eigenvalue weighted by Gasteiger charge is -2.13. The molecule has 3 aromatic carbocycles. The number of nitrogens with one attached hydrogen (secondary N) is 2. The molecule has 0 saturated heterocycles.